The predicted octanol–water partition coefficient (Wildman–Crippen LogP) is 17.4. The zero-order valence-corrected chi connectivity index (χ0v) is 37.7. The van der Waals surface area contributed by atoms with Gasteiger partial charge >= 0.3 is 0 Å². The average Bonchev–Trinajstić information content (AvgIpc) is 4.10. The van der Waals surface area contributed by atoms with Gasteiger partial charge in [-0.1, -0.05) is 152 Å². The topological polar surface area (TPSA) is 56.7 Å². The molecular formula is C63H36N4OS. The first-order valence-electron chi connectivity index (χ1n) is 23.2. The van der Waals surface area contributed by atoms with E-state index in [2.05, 4.69) is 217 Å². The molecule has 0 fully saturated rings. The summed E-state index contributed by atoms with van der Waals surface area (Å²) in [4.78, 5) is 15.8. The van der Waals surface area contributed by atoms with E-state index in [4.69, 9.17) is 19.4 Å². The van der Waals surface area contributed by atoms with Gasteiger partial charge in [0.25, 0.3) is 0 Å². The Bertz CT molecular complexity index is 4600. The number of furan rings is 1. The SMILES string of the molecule is c1ccc(-c2ccc(-c3nc(-c4ccc5oc6ccc7ccc(-n8c9cc%10ccccc%10cc9c9c%10ccccc%10ccc98)cc7c6c5c4)nc(-c4cccc5c4sc4ccccc45)n3)cc2)cc1. The van der Waals surface area contributed by atoms with E-state index in [9.17, 15) is 0 Å². The Morgan fingerprint density at radius 2 is 0.986 bits per heavy atom. The highest BCUT2D eigenvalue weighted by Crippen LogP contribution is 2.43. The molecule has 0 aliphatic rings. The van der Waals surface area contributed by atoms with Crippen LogP contribution in [0.15, 0.2) is 223 Å². The molecule has 0 saturated carbocycles. The molecule has 0 saturated heterocycles. The van der Waals surface area contributed by atoms with Crippen LogP contribution in [0.1, 0.15) is 0 Å². The van der Waals surface area contributed by atoms with Crippen molar-refractivity contribution in [1.82, 2.24) is 19.5 Å². The second-order valence-corrected chi connectivity index (χ2v) is 19.0. The molecule has 0 aliphatic heterocycles. The Labute approximate surface area is 398 Å². The Kier molecular flexibility index (Phi) is 8.17. The molecular weight excluding hydrogens is 861 g/mol. The second-order valence-electron chi connectivity index (χ2n) is 17.9. The van der Waals surface area contributed by atoms with E-state index in [1.165, 1.54) is 58.8 Å². The first kappa shape index (κ1) is 38.2. The molecule has 0 radical (unpaired) electrons. The molecule has 69 heavy (non-hydrogen) atoms. The minimum Gasteiger partial charge on any atom is -0.456 e. The lowest BCUT2D eigenvalue weighted by Crippen LogP contribution is -2.00. The van der Waals surface area contributed by atoms with Crippen LogP contribution >= 0.6 is 11.3 Å². The van der Waals surface area contributed by atoms with Crippen LogP contribution in [0.4, 0.5) is 0 Å². The van der Waals surface area contributed by atoms with E-state index in [1.807, 2.05) is 6.07 Å². The largest absolute Gasteiger partial charge is 0.456 e. The first-order valence-corrected chi connectivity index (χ1v) is 24.1. The van der Waals surface area contributed by atoms with Crippen LogP contribution in [0.25, 0.3) is 147 Å². The van der Waals surface area contributed by atoms with Crippen LogP contribution in [0.5, 0.6) is 0 Å². The summed E-state index contributed by atoms with van der Waals surface area (Å²) in [5, 5.41) is 14.2. The summed E-state index contributed by atoms with van der Waals surface area (Å²) >= 11 is 1.78. The van der Waals surface area contributed by atoms with E-state index < -0.39 is 0 Å². The van der Waals surface area contributed by atoms with Gasteiger partial charge in [-0.15, -0.1) is 11.3 Å². The molecule has 6 heteroatoms. The zero-order chi connectivity index (χ0) is 45.2. The van der Waals surface area contributed by atoms with Gasteiger partial charge < -0.3 is 8.98 Å². The summed E-state index contributed by atoms with van der Waals surface area (Å²) in [5.41, 5.74) is 10.2. The molecule has 4 heterocycles. The number of thiophene rings is 1. The number of aromatic nitrogens is 4. The highest BCUT2D eigenvalue weighted by Gasteiger charge is 2.21. The van der Waals surface area contributed by atoms with Crippen molar-refractivity contribution in [3.05, 3.63) is 218 Å². The Hall–Kier alpha value is -8.97. The minimum absolute atomic E-state index is 0.599. The third-order valence-corrected chi connectivity index (χ3v) is 15.2. The Balaban J connectivity index is 0.937. The Morgan fingerprint density at radius 1 is 0.348 bits per heavy atom. The highest BCUT2D eigenvalue weighted by atomic mass is 32.1. The summed E-state index contributed by atoms with van der Waals surface area (Å²) in [6, 6.07) is 78.1. The minimum atomic E-state index is 0.599. The van der Waals surface area contributed by atoms with Crippen LogP contribution in [0.3, 0.4) is 0 Å². The van der Waals surface area contributed by atoms with Gasteiger partial charge in [-0.3, -0.25) is 0 Å². The van der Waals surface area contributed by atoms with Gasteiger partial charge in [0.05, 0.1) is 11.0 Å². The molecule has 0 spiro atoms. The van der Waals surface area contributed by atoms with Gasteiger partial charge in [0.15, 0.2) is 17.5 Å². The van der Waals surface area contributed by atoms with E-state index in [-0.39, 0.29) is 0 Å². The summed E-state index contributed by atoms with van der Waals surface area (Å²) in [5.74, 6) is 1.85. The molecule has 0 bridgehead atoms. The van der Waals surface area contributed by atoms with Crippen molar-refractivity contribution in [3.63, 3.8) is 0 Å². The molecule has 15 rings (SSSR count). The maximum Gasteiger partial charge on any atom is 0.165 e. The monoisotopic (exact) mass is 896 g/mol. The van der Waals surface area contributed by atoms with Crippen molar-refractivity contribution in [1.29, 1.82) is 0 Å². The van der Waals surface area contributed by atoms with Gasteiger partial charge in [0, 0.05) is 64.1 Å². The highest BCUT2D eigenvalue weighted by molar-refractivity contribution is 7.26. The lowest BCUT2D eigenvalue weighted by molar-refractivity contribution is 0.669. The van der Waals surface area contributed by atoms with Crippen LogP contribution in [0, 0.1) is 0 Å². The fourth-order valence-electron chi connectivity index (χ4n) is 10.7. The number of benzene rings is 11. The quantitative estimate of drug-likeness (QED) is 0.173. The molecule has 15 aromatic rings. The molecule has 0 amide bonds. The smallest absolute Gasteiger partial charge is 0.165 e. The lowest BCUT2D eigenvalue weighted by Gasteiger charge is -2.11. The number of fused-ring (bicyclic) bond motifs is 14. The van der Waals surface area contributed by atoms with Gasteiger partial charge in [0.2, 0.25) is 0 Å². The molecule has 5 nitrogen and oxygen atoms in total. The van der Waals surface area contributed by atoms with E-state index in [0.717, 1.165) is 70.9 Å². The van der Waals surface area contributed by atoms with Crippen molar-refractivity contribution < 1.29 is 4.42 Å². The molecule has 0 N–H and O–H groups in total. The first-order chi connectivity index (χ1) is 34.2. The maximum atomic E-state index is 6.67. The number of hydrogen-bond donors (Lipinski definition) is 0. The lowest BCUT2D eigenvalue weighted by atomic mass is 10.0. The van der Waals surface area contributed by atoms with Crippen molar-refractivity contribution >= 4 is 108 Å². The Morgan fingerprint density at radius 3 is 1.86 bits per heavy atom. The summed E-state index contributed by atoms with van der Waals surface area (Å²) < 4.78 is 11.5. The van der Waals surface area contributed by atoms with Gasteiger partial charge in [0.1, 0.15) is 11.2 Å². The van der Waals surface area contributed by atoms with Crippen LogP contribution < -0.4 is 0 Å². The fourth-order valence-corrected chi connectivity index (χ4v) is 11.9. The predicted molar refractivity (Wildman–Crippen MR) is 289 cm³/mol. The van der Waals surface area contributed by atoms with Crippen molar-refractivity contribution in [2.45, 2.75) is 0 Å². The summed E-state index contributed by atoms with van der Waals surface area (Å²) in [7, 11) is 0. The van der Waals surface area contributed by atoms with E-state index in [0.29, 0.717) is 17.5 Å². The molecule has 0 aliphatic carbocycles. The molecule has 0 atom stereocenters. The van der Waals surface area contributed by atoms with Gasteiger partial charge in [-0.2, -0.15) is 0 Å². The van der Waals surface area contributed by atoms with E-state index >= 15 is 0 Å². The second kappa shape index (κ2) is 14.8. The average molecular weight is 897 g/mol. The van der Waals surface area contributed by atoms with Crippen molar-refractivity contribution in [2.24, 2.45) is 0 Å². The fraction of sp³-hybridized carbons (Fsp3) is 0. The third-order valence-electron chi connectivity index (χ3n) is 14.0. The molecule has 4 aromatic heterocycles. The maximum absolute atomic E-state index is 6.67. The van der Waals surface area contributed by atoms with Crippen molar-refractivity contribution in [2.75, 3.05) is 0 Å². The van der Waals surface area contributed by atoms with Crippen LogP contribution in [-0.2, 0) is 0 Å². The zero-order valence-electron chi connectivity index (χ0n) is 36.9. The van der Waals surface area contributed by atoms with Gasteiger partial charge in [-0.25, -0.2) is 15.0 Å². The van der Waals surface area contributed by atoms with Crippen LogP contribution in [-0.4, -0.2) is 19.5 Å². The number of hydrogen-bond acceptors (Lipinski definition) is 5. The van der Waals surface area contributed by atoms with Gasteiger partial charge in [-0.05, 0) is 110 Å². The summed E-state index contributed by atoms with van der Waals surface area (Å²) in [6.45, 7) is 0. The standard InChI is InChI=1S/C63H36N4OS/c1-2-11-37(12-3-1)38-21-23-41(24-22-38)61-64-62(66-63(65-61)49-19-10-18-48-47-17-8-9-20-57(47)69-60(48)49)44-28-31-55-52(34-44)59-50-36-45(29-25-40(50)27-32-56(59)68-55)67-53-30-26-39-13-6-7-16-46(39)58(53)51-33-42-14-4-5-15-43(42)35-54(51)67/h1-36H. The third kappa shape index (κ3) is 5.92. The van der Waals surface area contributed by atoms with E-state index in [1.54, 1.807) is 11.3 Å². The number of nitrogens with zero attached hydrogens (tertiary/aromatic N) is 4. The normalized spacial score (nSPS) is 12.1. The molecule has 320 valence electrons. The molecule has 0 unspecified atom stereocenters. The number of rotatable bonds is 5. The molecule has 11 aromatic carbocycles. The summed E-state index contributed by atoms with van der Waals surface area (Å²) in [6.07, 6.45) is 0. The van der Waals surface area contributed by atoms with Crippen LogP contribution in [0.2, 0.25) is 0 Å². The van der Waals surface area contributed by atoms with Crippen molar-refractivity contribution in [3.8, 4) is 51.0 Å².